The molecule has 5 nitrogen and oxygen atoms in total. The monoisotopic (exact) mass is 288 g/mol. The van der Waals surface area contributed by atoms with Gasteiger partial charge in [-0.15, -0.1) is 0 Å². The third kappa shape index (κ3) is 3.21. The van der Waals surface area contributed by atoms with Gasteiger partial charge in [0, 0.05) is 38.1 Å². The number of anilines is 2. The summed E-state index contributed by atoms with van der Waals surface area (Å²) in [5.74, 6) is 0.373. The van der Waals surface area contributed by atoms with Gasteiger partial charge in [-0.1, -0.05) is 30.4 Å². The Morgan fingerprint density at radius 3 is 2.75 bits per heavy atom. The number of aryl methyl sites for hydroxylation is 1. The van der Waals surface area contributed by atoms with Crippen molar-refractivity contribution in [2.45, 2.75) is 6.42 Å². The first kappa shape index (κ1) is 14.2. The van der Waals surface area contributed by atoms with Gasteiger partial charge >= 0.3 is 0 Å². The van der Waals surface area contributed by atoms with Gasteiger partial charge < -0.3 is 15.2 Å². The summed E-state index contributed by atoms with van der Waals surface area (Å²) in [6.45, 7) is 0.519. The molecule has 0 bridgehead atoms. The fourth-order valence-corrected chi connectivity index (χ4v) is 1.95. The van der Waals surface area contributed by atoms with Crippen LogP contribution in [0.1, 0.15) is 6.42 Å². The summed E-state index contributed by atoms with van der Waals surface area (Å²) in [4.78, 5) is 18.7. The number of thiocarbonyl (C=S) groups is 1. The van der Waals surface area contributed by atoms with E-state index in [4.69, 9.17) is 18.0 Å². The van der Waals surface area contributed by atoms with Gasteiger partial charge in [-0.3, -0.25) is 4.79 Å². The highest BCUT2D eigenvalue weighted by Crippen LogP contribution is 2.20. The average molecular weight is 288 g/mol. The number of nitrogens with zero attached hydrogens (tertiary/aromatic N) is 3. The minimum Gasteiger partial charge on any atom is -0.393 e. The smallest absolute Gasteiger partial charge is 0.293 e. The lowest BCUT2D eigenvalue weighted by atomic mass is 10.2. The van der Waals surface area contributed by atoms with Crippen LogP contribution < -0.4 is 16.2 Å². The SMILES string of the molecule is Cn1ccnc(N(CCC(N)=S)c2ccccc2)c1=O. The normalized spacial score (nSPS) is 10.2. The molecule has 0 unspecified atom stereocenters. The molecule has 0 spiro atoms. The third-order valence-corrected chi connectivity index (χ3v) is 3.11. The van der Waals surface area contributed by atoms with E-state index in [-0.39, 0.29) is 5.56 Å². The van der Waals surface area contributed by atoms with Crippen LogP contribution in [-0.4, -0.2) is 21.1 Å². The Morgan fingerprint density at radius 1 is 1.40 bits per heavy atom. The molecule has 0 fully saturated rings. The lowest BCUT2D eigenvalue weighted by Gasteiger charge is -2.23. The fraction of sp³-hybridized carbons (Fsp3) is 0.214. The first-order valence-electron chi connectivity index (χ1n) is 6.22. The number of hydrogen-bond acceptors (Lipinski definition) is 4. The van der Waals surface area contributed by atoms with Crippen LogP contribution in [0.25, 0.3) is 0 Å². The van der Waals surface area contributed by atoms with E-state index in [0.29, 0.717) is 23.8 Å². The summed E-state index contributed by atoms with van der Waals surface area (Å²) in [6, 6.07) is 9.60. The quantitative estimate of drug-likeness (QED) is 0.847. The highest BCUT2D eigenvalue weighted by Gasteiger charge is 2.15. The molecule has 2 rings (SSSR count). The van der Waals surface area contributed by atoms with Crippen molar-refractivity contribution >= 4 is 28.7 Å². The maximum Gasteiger partial charge on any atom is 0.293 e. The van der Waals surface area contributed by atoms with E-state index >= 15 is 0 Å². The van der Waals surface area contributed by atoms with Crippen molar-refractivity contribution in [2.75, 3.05) is 11.4 Å². The minimum absolute atomic E-state index is 0.153. The largest absolute Gasteiger partial charge is 0.393 e. The Kier molecular flexibility index (Phi) is 4.47. The molecular formula is C14H16N4OS. The van der Waals surface area contributed by atoms with Gasteiger partial charge in [0.25, 0.3) is 5.56 Å². The molecule has 2 N–H and O–H groups in total. The number of rotatable bonds is 5. The second-order valence-corrected chi connectivity index (χ2v) is 4.89. The molecular weight excluding hydrogens is 272 g/mol. The minimum atomic E-state index is -0.153. The van der Waals surface area contributed by atoms with Crippen molar-refractivity contribution in [1.82, 2.24) is 9.55 Å². The van der Waals surface area contributed by atoms with Crippen molar-refractivity contribution < 1.29 is 0 Å². The molecule has 20 heavy (non-hydrogen) atoms. The van der Waals surface area contributed by atoms with Crippen LogP contribution in [0.5, 0.6) is 0 Å². The van der Waals surface area contributed by atoms with E-state index < -0.39 is 0 Å². The molecule has 2 aromatic rings. The second kappa shape index (κ2) is 6.29. The first-order chi connectivity index (χ1) is 9.59. The molecule has 104 valence electrons. The summed E-state index contributed by atoms with van der Waals surface area (Å²) in [5.41, 5.74) is 6.30. The van der Waals surface area contributed by atoms with Crippen LogP contribution in [0.4, 0.5) is 11.5 Å². The maximum atomic E-state index is 12.2. The summed E-state index contributed by atoms with van der Waals surface area (Å²) in [6.07, 6.45) is 3.75. The van der Waals surface area contributed by atoms with Crippen molar-refractivity contribution in [2.24, 2.45) is 12.8 Å². The molecule has 1 aromatic heterocycles. The van der Waals surface area contributed by atoms with E-state index in [0.717, 1.165) is 5.69 Å². The lowest BCUT2D eigenvalue weighted by molar-refractivity contribution is 0.818. The molecule has 6 heteroatoms. The molecule has 1 heterocycles. The fourth-order valence-electron chi connectivity index (χ4n) is 1.86. The number of para-hydroxylation sites is 1. The Morgan fingerprint density at radius 2 is 2.10 bits per heavy atom. The van der Waals surface area contributed by atoms with Gasteiger partial charge in [-0.05, 0) is 12.1 Å². The molecule has 0 aliphatic heterocycles. The van der Waals surface area contributed by atoms with Gasteiger partial charge in [-0.25, -0.2) is 4.98 Å². The molecule has 0 aliphatic carbocycles. The van der Waals surface area contributed by atoms with Crippen molar-refractivity contribution in [1.29, 1.82) is 0 Å². The van der Waals surface area contributed by atoms with E-state index in [9.17, 15) is 4.79 Å². The maximum absolute atomic E-state index is 12.2. The molecule has 0 amide bonds. The van der Waals surface area contributed by atoms with Gasteiger partial charge in [0.1, 0.15) is 0 Å². The summed E-state index contributed by atoms with van der Waals surface area (Å²) < 4.78 is 1.50. The van der Waals surface area contributed by atoms with E-state index in [1.165, 1.54) is 4.57 Å². The molecule has 0 atom stereocenters. The van der Waals surface area contributed by atoms with Gasteiger partial charge in [0.2, 0.25) is 0 Å². The Bertz CT molecular complexity index is 654. The van der Waals surface area contributed by atoms with Crippen LogP contribution in [0.15, 0.2) is 47.5 Å². The lowest BCUT2D eigenvalue weighted by Crippen LogP contribution is -2.31. The first-order valence-corrected chi connectivity index (χ1v) is 6.63. The van der Waals surface area contributed by atoms with E-state index in [1.807, 2.05) is 35.2 Å². The van der Waals surface area contributed by atoms with E-state index in [2.05, 4.69) is 4.98 Å². The highest BCUT2D eigenvalue weighted by molar-refractivity contribution is 7.80. The Hall–Kier alpha value is -2.21. The van der Waals surface area contributed by atoms with Crippen molar-refractivity contribution in [3.63, 3.8) is 0 Å². The number of nitrogens with two attached hydrogens (primary N) is 1. The third-order valence-electron chi connectivity index (χ3n) is 2.90. The van der Waals surface area contributed by atoms with Crippen LogP contribution >= 0.6 is 12.2 Å². The van der Waals surface area contributed by atoms with Gasteiger partial charge in [0.05, 0.1) is 4.99 Å². The predicted octanol–water partition coefficient (Wildman–Crippen LogP) is 1.59. The molecule has 0 saturated carbocycles. The van der Waals surface area contributed by atoms with Crippen LogP contribution in [0, 0.1) is 0 Å². The second-order valence-electron chi connectivity index (χ2n) is 4.37. The van der Waals surface area contributed by atoms with Crippen LogP contribution in [-0.2, 0) is 7.05 Å². The van der Waals surface area contributed by atoms with Crippen LogP contribution in [0.3, 0.4) is 0 Å². The highest BCUT2D eigenvalue weighted by atomic mass is 32.1. The topological polar surface area (TPSA) is 64.2 Å². The van der Waals surface area contributed by atoms with Crippen molar-refractivity contribution in [3.05, 3.63) is 53.1 Å². The van der Waals surface area contributed by atoms with Gasteiger partial charge in [-0.2, -0.15) is 0 Å². The molecule has 0 saturated heterocycles. The molecule has 0 radical (unpaired) electrons. The summed E-state index contributed by atoms with van der Waals surface area (Å²) in [5, 5.41) is 0. The number of aromatic nitrogens is 2. The summed E-state index contributed by atoms with van der Waals surface area (Å²) >= 11 is 4.92. The Labute approximate surface area is 122 Å². The number of benzene rings is 1. The number of hydrogen-bond donors (Lipinski definition) is 1. The molecule has 1 aromatic carbocycles. The van der Waals surface area contributed by atoms with E-state index in [1.54, 1.807) is 19.4 Å². The van der Waals surface area contributed by atoms with Gasteiger partial charge in [0.15, 0.2) is 5.82 Å². The average Bonchev–Trinajstić information content (AvgIpc) is 2.44. The Balaban J connectivity index is 2.43. The summed E-state index contributed by atoms with van der Waals surface area (Å²) in [7, 11) is 1.70. The zero-order valence-electron chi connectivity index (χ0n) is 11.2. The predicted molar refractivity (Wildman–Crippen MR) is 84.3 cm³/mol. The molecule has 0 aliphatic rings. The zero-order chi connectivity index (χ0) is 14.5. The van der Waals surface area contributed by atoms with Crippen LogP contribution in [0.2, 0.25) is 0 Å². The van der Waals surface area contributed by atoms with Crippen molar-refractivity contribution in [3.8, 4) is 0 Å². The standard InChI is InChI=1S/C14H16N4OS/c1-17-10-8-16-13(14(17)19)18(9-7-12(15)20)11-5-3-2-4-6-11/h2-6,8,10H,7,9H2,1H3,(H2,15,20). The zero-order valence-corrected chi connectivity index (χ0v) is 12.0.